The molecule has 28 heavy (non-hydrogen) atoms. The molecule has 5 rings (SSSR count). The van der Waals surface area contributed by atoms with Gasteiger partial charge in [0.15, 0.2) is 5.65 Å². The molecule has 1 atom stereocenters. The fraction of sp³-hybridized carbons (Fsp3) is 0.316. The molecule has 0 saturated carbocycles. The lowest BCUT2D eigenvalue weighted by Crippen LogP contribution is -2.27. The van der Waals surface area contributed by atoms with Gasteiger partial charge < -0.3 is 14.7 Å². The van der Waals surface area contributed by atoms with E-state index in [2.05, 4.69) is 52.7 Å². The second-order valence-electron chi connectivity index (χ2n) is 6.90. The molecule has 0 aliphatic carbocycles. The van der Waals surface area contributed by atoms with Crippen LogP contribution in [-0.2, 0) is 12.8 Å². The molecule has 2 N–H and O–H groups in total. The summed E-state index contributed by atoms with van der Waals surface area (Å²) in [6, 6.07) is 10.6. The van der Waals surface area contributed by atoms with Gasteiger partial charge in [-0.15, -0.1) is 0 Å². The predicted molar refractivity (Wildman–Crippen MR) is 104 cm³/mol. The van der Waals surface area contributed by atoms with Gasteiger partial charge in [-0.25, -0.2) is 9.97 Å². The largest absolute Gasteiger partial charge is 0.365 e. The van der Waals surface area contributed by atoms with Crippen LogP contribution in [0.5, 0.6) is 0 Å². The van der Waals surface area contributed by atoms with E-state index in [1.165, 1.54) is 11.9 Å². The summed E-state index contributed by atoms with van der Waals surface area (Å²) in [7, 11) is 0. The third-order valence-corrected chi connectivity index (χ3v) is 4.99. The van der Waals surface area contributed by atoms with Gasteiger partial charge in [-0.05, 0) is 23.6 Å². The maximum absolute atomic E-state index is 5.44. The number of H-pyrrole nitrogens is 1. The topological polar surface area (TPSA) is 109 Å². The maximum atomic E-state index is 5.44. The van der Waals surface area contributed by atoms with Crippen LogP contribution in [0, 0.1) is 0 Å². The number of rotatable bonds is 6. The van der Waals surface area contributed by atoms with Crippen LogP contribution in [0.15, 0.2) is 47.4 Å². The number of aromatic amines is 1. The van der Waals surface area contributed by atoms with E-state index in [9.17, 15) is 0 Å². The SMILES string of the molecule is c1ccc(CCc2nc(N3CC[C@H](Nc4ncnc5[nH]ncc45)C3)no2)cc1. The van der Waals surface area contributed by atoms with E-state index in [4.69, 9.17) is 4.52 Å². The highest BCUT2D eigenvalue weighted by atomic mass is 16.5. The Morgan fingerprint density at radius 2 is 2.11 bits per heavy atom. The van der Waals surface area contributed by atoms with Crippen LogP contribution in [0.1, 0.15) is 17.9 Å². The van der Waals surface area contributed by atoms with Crippen molar-refractivity contribution in [3.8, 4) is 0 Å². The van der Waals surface area contributed by atoms with Crippen molar-refractivity contribution in [3.63, 3.8) is 0 Å². The Hall–Kier alpha value is -3.49. The number of aromatic nitrogens is 6. The third kappa shape index (κ3) is 3.38. The van der Waals surface area contributed by atoms with Crippen LogP contribution in [0.2, 0.25) is 0 Å². The molecule has 1 fully saturated rings. The van der Waals surface area contributed by atoms with E-state index in [0.29, 0.717) is 11.8 Å². The molecule has 0 amide bonds. The van der Waals surface area contributed by atoms with Gasteiger partial charge in [-0.3, -0.25) is 5.10 Å². The Morgan fingerprint density at radius 1 is 1.18 bits per heavy atom. The zero-order valence-electron chi connectivity index (χ0n) is 15.2. The molecular formula is C19H20N8O. The summed E-state index contributed by atoms with van der Waals surface area (Å²) in [5, 5.41) is 15.4. The van der Waals surface area contributed by atoms with Crippen molar-refractivity contribution in [1.82, 2.24) is 30.3 Å². The monoisotopic (exact) mass is 376 g/mol. The molecule has 1 aliphatic rings. The van der Waals surface area contributed by atoms with Crippen LogP contribution >= 0.6 is 0 Å². The lowest BCUT2D eigenvalue weighted by Gasteiger charge is -2.15. The van der Waals surface area contributed by atoms with Crippen LogP contribution < -0.4 is 10.2 Å². The normalized spacial score (nSPS) is 16.7. The number of fused-ring (bicyclic) bond motifs is 1. The van der Waals surface area contributed by atoms with E-state index < -0.39 is 0 Å². The number of anilines is 2. The third-order valence-electron chi connectivity index (χ3n) is 4.99. The van der Waals surface area contributed by atoms with Gasteiger partial charge in [0.05, 0.1) is 11.6 Å². The number of nitrogens with one attached hydrogen (secondary N) is 2. The molecule has 0 unspecified atom stereocenters. The summed E-state index contributed by atoms with van der Waals surface area (Å²) in [6.45, 7) is 1.66. The first-order valence-electron chi connectivity index (χ1n) is 9.37. The molecule has 4 aromatic rings. The number of hydrogen-bond acceptors (Lipinski definition) is 8. The molecular weight excluding hydrogens is 356 g/mol. The van der Waals surface area contributed by atoms with E-state index in [0.717, 1.165) is 49.2 Å². The van der Waals surface area contributed by atoms with Gasteiger partial charge in [0.1, 0.15) is 12.1 Å². The van der Waals surface area contributed by atoms with E-state index in [1.807, 2.05) is 18.2 Å². The average Bonchev–Trinajstić information content (AvgIpc) is 3.48. The quantitative estimate of drug-likeness (QED) is 0.527. The number of benzene rings is 1. The highest BCUT2D eigenvalue weighted by Gasteiger charge is 2.26. The molecule has 3 aromatic heterocycles. The van der Waals surface area contributed by atoms with E-state index in [1.54, 1.807) is 6.20 Å². The van der Waals surface area contributed by atoms with E-state index in [-0.39, 0.29) is 6.04 Å². The summed E-state index contributed by atoms with van der Waals surface area (Å²) in [4.78, 5) is 15.2. The number of aryl methyl sites for hydroxylation is 2. The second-order valence-corrected chi connectivity index (χ2v) is 6.90. The lowest BCUT2D eigenvalue weighted by molar-refractivity contribution is 0.377. The number of nitrogens with zero attached hydrogens (tertiary/aromatic N) is 6. The lowest BCUT2D eigenvalue weighted by atomic mass is 10.1. The minimum Gasteiger partial charge on any atom is -0.365 e. The van der Waals surface area contributed by atoms with E-state index >= 15 is 0 Å². The molecule has 0 radical (unpaired) electrons. The fourth-order valence-corrected chi connectivity index (χ4v) is 3.50. The molecule has 142 valence electrons. The highest BCUT2D eigenvalue weighted by Crippen LogP contribution is 2.22. The van der Waals surface area contributed by atoms with Crippen molar-refractivity contribution in [2.24, 2.45) is 0 Å². The summed E-state index contributed by atoms with van der Waals surface area (Å²) >= 11 is 0. The number of hydrogen-bond donors (Lipinski definition) is 2. The Bertz CT molecular complexity index is 1060. The van der Waals surface area contributed by atoms with Gasteiger partial charge in [0, 0.05) is 25.6 Å². The molecule has 0 spiro atoms. The minimum absolute atomic E-state index is 0.249. The van der Waals surface area contributed by atoms with Gasteiger partial charge in [-0.1, -0.05) is 30.3 Å². The van der Waals surface area contributed by atoms with Gasteiger partial charge in [0.2, 0.25) is 5.89 Å². The molecule has 9 nitrogen and oxygen atoms in total. The van der Waals surface area contributed by atoms with Crippen molar-refractivity contribution in [3.05, 3.63) is 54.3 Å². The Morgan fingerprint density at radius 3 is 3.04 bits per heavy atom. The standard InChI is InChI=1S/C19H20N8O/c1-2-4-13(5-3-1)6-7-16-24-19(26-28-16)27-9-8-14(11-27)23-17-15-10-22-25-18(15)21-12-20-17/h1-5,10,12,14H,6-9,11H2,(H2,20,21,22,23,25)/t14-/m0/s1. The zero-order chi connectivity index (χ0) is 18.8. The Kier molecular flexibility index (Phi) is 4.32. The highest BCUT2D eigenvalue weighted by molar-refractivity contribution is 5.85. The van der Waals surface area contributed by atoms with Crippen LogP contribution in [0.25, 0.3) is 11.0 Å². The summed E-state index contributed by atoms with van der Waals surface area (Å²) < 4.78 is 5.44. The molecule has 9 heteroatoms. The first kappa shape index (κ1) is 16.7. The maximum Gasteiger partial charge on any atom is 0.266 e. The van der Waals surface area contributed by atoms with Crippen LogP contribution in [0.3, 0.4) is 0 Å². The molecule has 0 bridgehead atoms. The summed E-state index contributed by atoms with van der Waals surface area (Å²) in [6.07, 6.45) is 5.88. The van der Waals surface area contributed by atoms with Gasteiger partial charge >= 0.3 is 0 Å². The molecule has 1 saturated heterocycles. The van der Waals surface area contributed by atoms with Crippen molar-refractivity contribution in [1.29, 1.82) is 0 Å². The zero-order valence-corrected chi connectivity index (χ0v) is 15.2. The molecule has 4 heterocycles. The summed E-state index contributed by atoms with van der Waals surface area (Å²) in [5.74, 6) is 2.12. The van der Waals surface area contributed by atoms with Crippen molar-refractivity contribution in [2.75, 3.05) is 23.3 Å². The van der Waals surface area contributed by atoms with Crippen molar-refractivity contribution in [2.45, 2.75) is 25.3 Å². The van der Waals surface area contributed by atoms with Gasteiger partial charge in [0.25, 0.3) is 5.95 Å². The molecule has 1 aliphatic heterocycles. The Balaban J connectivity index is 1.20. The first-order valence-corrected chi connectivity index (χ1v) is 9.37. The van der Waals surface area contributed by atoms with Crippen molar-refractivity contribution >= 4 is 22.8 Å². The summed E-state index contributed by atoms with van der Waals surface area (Å²) in [5.41, 5.74) is 2.00. The molecule has 1 aromatic carbocycles. The van der Waals surface area contributed by atoms with Gasteiger partial charge in [-0.2, -0.15) is 10.1 Å². The average molecular weight is 376 g/mol. The first-order chi connectivity index (χ1) is 13.8. The predicted octanol–water partition coefficient (Wildman–Crippen LogP) is 2.21. The Labute approximate surface area is 161 Å². The second kappa shape index (κ2) is 7.26. The smallest absolute Gasteiger partial charge is 0.266 e. The van der Waals surface area contributed by atoms with Crippen molar-refractivity contribution < 1.29 is 4.52 Å². The fourth-order valence-electron chi connectivity index (χ4n) is 3.50. The van der Waals surface area contributed by atoms with Crippen LogP contribution in [-0.4, -0.2) is 49.4 Å². The minimum atomic E-state index is 0.249. The van der Waals surface area contributed by atoms with Crippen LogP contribution in [0.4, 0.5) is 11.8 Å².